The number of sulfonamides is 2. The molecule has 3 aromatic rings. The quantitative estimate of drug-likeness (QED) is 0.667. The molecule has 3 rings (SSSR count). The van der Waals surface area contributed by atoms with E-state index in [1.807, 2.05) is 0 Å². The third kappa shape index (κ3) is 3.70. The van der Waals surface area contributed by atoms with Crippen LogP contribution in [0.25, 0.3) is 11.0 Å². The molecule has 8 nitrogen and oxygen atoms in total. The van der Waals surface area contributed by atoms with Gasteiger partial charge in [-0.3, -0.25) is 0 Å². The maximum Gasteiger partial charge on any atom is 0.243 e. The van der Waals surface area contributed by atoms with Gasteiger partial charge < -0.3 is 0 Å². The zero-order valence-corrected chi connectivity index (χ0v) is 15.4. The van der Waals surface area contributed by atoms with Gasteiger partial charge in [-0.05, 0) is 36.8 Å². The van der Waals surface area contributed by atoms with E-state index in [1.54, 1.807) is 25.1 Å². The first-order valence-electron chi connectivity index (χ1n) is 7.05. The summed E-state index contributed by atoms with van der Waals surface area (Å²) in [6, 6.07) is 9.85. The molecule has 2 aromatic carbocycles. The fraction of sp³-hybridized carbons (Fsp3) is 0.143. The number of nitrogens with zero attached hydrogens (tertiary/aromatic N) is 2. The van der Waals surface area contributed by atoms with E-state index in [0.29, 0.717) is 16.6 Å². The third-order valence-corrected chi connectivity index (χ3v) is 6.58. The molecule has 1 unspecified atom stereocenters. The van der Waals surface area contributed by atoms with Gasteiger partial charge in [0, 0.05) is 6.04 Å². The van der Waals surface area contributed by atoms with Gasteiger partial charge >= 0.3 is 0 Å². The highest BCUT2D eigenvalue weighted by atomic mass is 32.2. The lowest BCUT2D eigenvalue weighted by Gasteiger charge is -2.15. The first-order chi connectivity index (χ1) is 11.7. The van der Waals surface area contributed by atoms with E-state index in [1.165, 1.54) is 24.3 Å². The van der Waals surface area contributed by atoms with Crippen molar-refractivity contribution in [2.45, 2.75) is 22.8 Å². The van der Waals surface area contributed by atoms with Crippen molar-refractivity contribution in [2.75, 3.05) is 0 Å². The second kappa shape index (κ2) is 6.42. The Balaban J connectivity index is 1.95. The Labute approximate surface area is 149 Å². The van der Waals surface area contributed by atoms with Crippen LogP contribution in [0.5, 0.6) is 0 Å². The lowest BCUT2D eigenvalue weighted by Crippen LogP contribution is -2.27. The van der Waals surface area contributed by atoms with Crippen molar-refractivity contribution >= 4 is 42.8 Å². The van der Waals surface area contributed by atoms with Crippen molar-refractivity contribution in [2.24, 2.45) is 5.14 Å². The fourth-order valence-corrected chi connectivity index (χ4v) is 4.89. The van der Waals surface area contributed by atoms with E-state index < -0.39 is 26.1 Å². The van der Waals surface area contributed by atoms with Crippen LogP contribution in [0.2, 0.25) is 0 Å². The maximum absolute atomic E-state index is 12.7. The maximum atomic E-state index is 12.7. The zero-order valence-electron chi connectivity index (χ0n) is 12.9. The van der Waals surface area contributed by atoms with Crippen LogP contribution < -0.4 is 9.86 Å². The molecular formula is C14H14N4O4S3. The van der Waals surface area contributed by atoms with Crippen LogP contribution in [0.1, 0.15) is 18.5 Å². The SMILES string of the molecule is CC(NS(=O)(=O)c1cccc2nsnc12)c1cccc(S(N)(=O)=O)c1. The van der Waals surface area contributed by atoms with Gasteiger partial charge in [-0.2, -0.15) is 8.75 Å². The number of hydrogen-bond acceptors (Lipinski definition) is 7. The molecule has 11 heteroatoms. The zero-order chi connectivity index (χ0) is 18.2. The van der Waals surface area contributed by atoms with Crippen LogP contribution in [0.4, 0.5) is 0 Å². The minimum atomic E-state index is -3.88. The van der Waals surface area contributed by atoms with Crippen molar-refractivity contribution in [3.8, 4) is 0 Å². The Hall–Kier alpha value is -1.92. The molecule has 1 heterocycles. The number of nitrogens with one attached hydrogen (secondary N) is 1. The largest absolute Gasteiger partial charge is 0.243 e. The first kappa shape index (κ1) is 17.9. The molecule has 0 bridgehead atoms. The van der Waals surface area contributed by atoms with E-state index >= 15 is 0 Å². The smallest absolute Gasteiger partial charge is 0.225 e. The second-order valence-electron chi connectivity index (χ2n) is 5.35. The number of rotatable bonds is 5. The molecule has 0 aliphatic carbocycles. The molecule has 0 spiro atoms. The predicted molar refractivity (Wildman–Crippen MR) is 94.0 cm³/mol. The lowest BCUT2D eigenvalue weighted by atomic mass is 10.1. The minimum Gasteiger partial charge on any atom is -0.225 e. The van der Waals surface area contributed by atoms with Crippen LogP contribution >= 0.6 is 11.7 Å². The average Bonchev–Trinajstić information content (AvgIpc) is 3.02. The van der Waals surface area contributed by atoms with Crippen LogP contribution in [0.15, 0.2) is 52.3 Å². The number of primary sulfonamides is 1. The number of aromatic nitrogens is 2. The van der Waals surface area contributed by atoms with Crippen LogP contribution in [-0.2, 0) is 20.0 Å². The summed E-state index contributed by atoms with van der Waals surface area (Å²) in [6.45, 7) is 1.61. The summed E-state index contributed by atoms with van der Waals surface area (Å²) in [5.41, 5.74) is 1.26. The summed E-state index contributed by atoms with van der Waals surface area (Å²) in [5, 5.41) is 5.11. The summed E-state index contributed by atoms with van der Waals surface area (Å²) in [7, 11) is -7.75. The van der Waals surface area contributed by atoms with Gasteiger partial charge in [0.15, 0.2) is 0 Å². The Morgan fingerprint density at radius 3 is 2.52 bits per heavy atom. The van der Waals surface area contributed by atoms with E-state index in [9.17, 15) is 16.8 Å². The Bertz CT molecular complexity index is 1140. The summed E-state index contributed by atoms with van der Waals surface area (Å²) < 4.78 is 58.9. The normalized spacial score (nSPS) is 13.8. The van der Waals surface area contributed by atoms with Crippen molar-refractivity contribution in [1.82, 2.24) is 13.5 Å². The molecule has 0 aliphatic rings. The molecule has 25 heavy (non-hydrogen) atoms. The van der Waals surface area contributed by atoms with Crippen LogP contribution in [-0.4, -0.2) is 25.6 Å². The first-order valence-corrected chi connectivity index (χ1v) is 10.8. The van der Waals surface area contributed by atoms with Crippen molar-refractivity contribution in [3.63, 3.8) is 0 Å². The minimum absolute atomic E-state index is 0.0215. The Morgan fingerprint density at radius 1 is 1.08 bits per heavy atom. The summed E-state index contributed by atoms with van der Waals surface area (Å²) >= 11 is 0.930. The number of benzene rings is 2. The molecule has 3 N–H and O–H groups in total. The molecule has 0 saturated carbocycles. The average molecular weight is 398 g/mol. The van der Waals surface area contributed by atoms with Gasteiger partial charge in [0.05, 0.1) is 16.6 Å². The van der Waals surface area contributed by atoms with E-state index in [-0.39, 0.29) is 9.79 Å². The highest BCUT2D eigenvalue weighted by Gasteiger charge is 2.23. The van der Waals surface area contributed by atoms with Crippen molar-refractivity contribution in [1.29, 1.82) is 0 Å². The number of nitrogens with two attached hydrogens (primary N) is 1. The van der Waals surface area contributed by atoms with Gasteiger partial charge in [0.2, 0.25) is 20.0 Å². The molecule has 0 radical (unpaired) electrons. The second-order valence-corrected chi connectivity index (χ2v) is 9.12. The molecule has 0 saturated heterocycles. The van der Waals surface area contributed by atoms with E-state index in [2.05, 4.69) is 13.5 Å². The monoisotopic (exact) mass is 398 g/mol. The highest BCUT2D eigenvalue weighted by Crippen LogP contribution is 2.24. The van der Waals surface area contributed by atoms with Crippen LogP contribution in [0.3, 0.4) is 0 Å². The van der Waals surface area contributed by atoms with E-state index in [0.717, 1.165) is 11.7 Å². The third-order valence-electron chi connectivity index (χ3n) is 3.56. The highest BCUT2D eigenvalue weighted by molar-refractivity contribution is 7.89. The summed E-state index contributed by atoms with van der Waals surface area (Å²) in [5.74, 6) is 0. The Kier molecular flexibility index (Phi) is 4.60. The van der Waals surface area contributed by atoms with Crippen molar-refractivity contribution in [3.05, 3.63) is 48.0 Å². The topological polar surface area (TPSA) is 132 Å². The number of hydrogen-bond donors (Lipinski definition) is 2. The van der Waals surface area contributed by atoms with Crippen LogP contribution in [0, 0.1) is 0 Å². The molecule has 0 amide bonds. The molecule has 0 aliphatic heterocycles. The van der Waals surface area contributed by atoms with E-state index in [4.69, 9.17) is 5.14 Å². The van der Waals surface area contributed by atoms with Gasteiger partial charge in [-0.15, -0.1) is 0 Å². The standard InChI is InChI=1S/C14H14N4O4S3/c1-9(10-4-2-5-11(8-10)24(15,19)20)18-25(21,22)13-7-3-6-12-14(13)17-23-16-12/h2-9,18H,1H3,(H2,15,19,20). The summed E-state index contributed by atoms with van der Waals surface area (Å²) in [4.78, 5) is -0.0601. The Morgan fingerprint density at radius 2 is 1.80 bits per heavy atom. The van der Waals surface area contributed by atoms with Gasteiger partial charge in [0.25, 0.3) is 0 Å². The molecular weight excluding hydrogens is 384 g/mol. The number of fused-ring (bicyclic) bond motifs is 1. The fourth-order valence-electron chi connectivity index (χ4n) is 2.32. The van der Waals surface area contributed by atoms with Crippen molar-refractivity contribution < 1.29 is 16.8 Å². The predicted octanol–water partition coefficient (Wildman–Crippen LogP) is 1.38. The van der Waals surface area contributed by atoms with Gasteiger partial charge in [-0.1, -0.05) is 18.2 Å². The lowest BCUT2D eigenvalue weighted by molar-refractivity contribution is 0.567. The summed E-state index contributed by atoms with van der Waals surface area (Å²) in [6.07, 6.45) is 0. The molecule has 0 fully saturated rings. The van der Waals surface area contributed by atoms with Gasteiger partial charge in [-0.25, -0.2) is 26.7 Å². The molecule has 1 atom stereocenters. The van der Waals surface area contributed by atoms with Gasteiger partial charge in [0.1, 0.15) is 15.9 Å². The molecule has 1 aromatic heterocycles. The molecule has 132 valence electrons.